The molecule has 6 nitrogen and oxygen atoms in total. The van der Waals surface area contributed by atoms with E-state index in [1.165, 1.54) is 16.7 Å². The average Bonchev–Trinajstić information content (AvgIpc) is 3.54. The molecule has 3 heterocycles. The lowest BCUT2D eigenvalue weighted by Gasteiger charge is -2.26. The van der Waals surface area contributed by atoms with E-state index in [2.05, 4.69) is 63.3 Å². The van der Waals surface area contributed by atoms with Crippen LogP contribution in [-0.4, -0.2) is 30.2 Å². The van der Waals surface area contributed by atoms with Crippen LogP contribution in [0.1, 0.15) is 36.0 Å². The highest BCUT2D eigenvalue weighted by Crippen LogP contribution is 2.42. The molecule has 5 aromatic rings. The van der Waals surface area contributed by atoms with E-state index in [0.29, 0.717) is 6.04 Å². The molecule has 1 atom stereocenters. The number of fused-ring (bicyclic) bond motifs is 4. The van der Waals surface area contributed by atoms with E-state index in [9.17, 15) is 0 Å². The van der Waals surface area contributed by atoms with Gasteiger partial charge in [0.25, 0.3) is 0 Å². The zero-order valence-corrected chi connectivity index (χ0v) is 18.5. The van der Waals surface area contributed by atoms with E-state index < -0.39 is 0 Å². The molecule has 33 heavy (non-hydrogen) atoms. The van der Waals surface area contributed by atoms with E-state index >= 15 is 0 Å². The maximum atomic E-state index is 4.94. The smallest absolute Gasteiger partial charge is 0.162 e. The van der Waals surface area contributed by atoms with Gasteiger partial charge in [-0.25, -0.2) is 9.97 Å². The monoisotopic (exact) mass is 432 g/mol. The van der Waals surface area contributed by atoms with Crippen molar-refractivity contribution in [3.63, 3.8) is 0 Å². The van der Waals surface area contributed by atoms with Crippen molar-refractivity contribution in [3.05, 3.63) is 89.4 Å². The van der Waals surface area contributed by atoms with Crippen molar-refractivity contribution in [2.75, 3.05) is 5.32 Å². The Morgan fingerprint density at radius 3 is 2.91 bits per heavy atom. The van der Waals surface area contributed by atoms with Gasteiger partial charge in [0, 0.05) is 17.7 Å². The summed E-state index contributed by atoms with van der Waals surface area (Å²) in [5, 5.41) is 8.45. The van der Waals surface area contributed by atoms with Gasteiger partial charge in [0.05, 0.1) is 17.2 Å². The molecule has 0 saturated heterocycles. The number of aromatic nitrogens is 5. The normalized spacial score (nSPS) is 17.5. The van der Waals surface area contributed by atoms with E-state index in [1.807, 2.05) is 35.2 Å². The van der Waals surface area contributed by atoms with Crippen LogP contribution in [0.4, 0.5) is 5.82 Å². The molecule has 0 radical (unpaired) electrons. The third-order valence-electron chi connectivity index (χ3n) is 7.11. The SMILES string of the molecule is Cc1cnn2c(NC3CCC4=C(C3)c3ccccc3C4)cc(-n3cnc4ccccc43)nc12. The highest BCUT2D eigenvalue weighted by Gasteiger charge is 2.28. The van der Waals surface area contributed by atoms with Crippen LogP contribution in [0.3, 0.4) is 0 Å². The van der Waals surface area contributed by atoms with Crippen LogP contribution in [0.5, 0.6) is 0 Å². The van der Waals surface area contributed by atoms with Crippen molar-refractivity contribution in [3.8, 4) is 5.82 Å². The number of allylic oxidation sites excluding steroid dienone is 1. The molecule has 0 amide bonds. The van der Waals surface area contributed by atoms with Crippen LogP contribution in [0, 0.1) is 6.92 Å². The Bertz CT molecular complexity index is 1570. The zero-order chi connectivity index (χ0) is 21.9. The van der Waals surface area contributed by atoms with Crippen LogP contribution in [0.2, 0.25) is 0 Å². The molecule has 2 aliphatic rings. The largest absolute Gasteiger partial charge is 0.367 e. The molecule has 6 heteroatoms. The molecular formula is C27H24N6. The Hall–Kier alpha value is -3.93. The van der Waals surface area contributed by atoms with E-state index in [0.717, 1.165) is 59.6 Å². The molecular weight excluding hydrogens is 408 g/mol. The third-order valence-corrected chi connectivity index (χ3v) is 7.11. The molecule has 0 aliphatic heterocycles. The second-order valence-electron chi connectivity index (χ2n) is 9.17. The Labute approximate surface area is 191 Å². The average molecular weight is 433 g/mol. The first-order valence-corrected chi connectivity index (χ1v) is 11.6. The fraction of sp³-hybridized carbons (Fsp3) is 0.222. The standard InChI is InChI=1S/C27H24N6/c1-17-15-29-33-26(14-25(31-27(17)33)32-16-28-23-8-4-5-9-24(23)32)30-20-11-10-19-12-18-6-2-3-7-21(18)22(19)13-20/h2-9,14-16,20,30H,10-13H2,1H3. The first-order valence-electron chi connectivity index (χ1n) is 11.6. The number of hydrogen-bond acceptors (Lipinski definition) is 4. The molecule has 3 aromatic heterocycles. The summed E-state index contributed by atoms with van der Waals surface area (Å²) in [7, 11) is 0. The summed E-state index contributed by atoms with van der Waals surface area (Å²) >= 11 is 0. The van der Waals surface area contributed by atoms with Gasteiger partial charge in [-0.1, -0.05) is 42.0 Å². The Balaban J connectivity index is 1.28. The molecule has 0 bridgehead atoms. The van der Waals surface area contributed by atoms with Gasteiger partial charge < -0.3 is 5.32 Å². The summed E-state index contributed by atoms with van der Waals surface area (Å²) in [6.07, 6.45) is 8.17. The molecule has 2 aromatic carbocycles. The molecule has 2 aliphatic carbocycles. The molecule has 0 fully saturated rings. The Morgan fingerprint density at radius 1 is 1.06 bits per heavy atom. The summed E-state index contributed by atoms with van der Waals surface area (Å²) in [6, 6.07) is 19.5. The van der Waals surface area contributed by atoms with Gasteiger partial charge in [-0.05, 0) is 61.4 Å². The van der Waals surface area contributed by atoms with Gasteiger partial charge >= 0.3 is 0 Å². The Morgan fingerprint density at radius 2 is 1.94 bits per heavy atom. The molecule has 162 valence electrons. The van der Waals surface area contributed by atoms with Crippen LogP contribution >= 0.6 is 0 Å². The van der Waals surface area contributed by atoms with Crippen LogP contribution in [0.15, 0.2) is 72.7 Å². The molecule has 0 saturated carbocycles. The number of aryl methyl sites for hydroxylation is 1. The number of para-hydroxylation sites is 2. The van der Waals surface area contributed by atoms with Gasteiger partial charge in [0.1, 0.15) is 18.0 Å². The minimum absolute atomic E-state index is 0.359. The fourth-order valence-electron chi connectivity index (χ4n) is 5.45. The van der Waals surface area contributed by atoms with Crippen molar-refractivity contribution in [2.45, 2.75) is 38.6 Å². The molecule has 1 N–H and O–H groups in total. The molecule has 7 rings (SSSR count). The summed E-state index contributed by atoms with van der Waals surface area (Å²) < 4.78 is 3.99. The van der Waals surface area contributed by atoms with Crippen molar-refractivity contribution >= 4 is 28.1 Å². The zero-order valence-electron chi connectivity index (χ0n) is 18.5. The van der Waals surface area contributed by atoms with Crippen molar-refractivity contribution in [2.24, 2.45) is 0 Å². The number of rotatable bonds is 3. The summed E-state index contributed by atoms with van der Waals surface area (Å²) in [4.78, 5) is 9.50. The highest BCUT2D eigenvalue weighted by molar-refractivity contribution is 5.79. The number of benzene rings is 2. The third kappa shape index (κ3) is 2.90. The van der Waals surface area contributed by atoms with Gasteiger partial charge in [0.2, 0.25) is 0 Å². The minimum atomic E-state index is 0.359. The lowest BCUT2D eigenvalue weighted by atomic mass is 9.88. The lowest BCUT2D eigenvalue weighted by Crippen LogP contribution is -2.25. The van der Waals surface area contributed by atoms with Crippen molar-refractivity contribution < 1.29 is 0 Å². The molecule has 1 unspecified atom stereocenters. The first kappa shape index (κ1) is 18.6. The summed E-state index contributed by atoms with van der Waals surface area (Å²) in [5.41, 5.74) is 10.0. The highest BCUT2D eigenvalue weighted by atomic mass is 15.3. The lowest BCUT2D eigenvalue weighted by molar-refractivity contribution is 0.629. The van der Waals surface area contributed by atoms with Gasteiger partial charge in [-0.3, -0.25) is 4.57 Å². The summed E-state index contributed by atoms with van der Waals surface area (Å²) in [5.74, 6) is 1.82. The number of imidazole rings is 1. The predicted molar refractivity (Wildman–Crippen MR) is 131 cm³/mol. The van der Waals surface area contributed by atoms with Crippen LogP contribution in [-0.2, 0) is 6.42 Å². The second kappa shape index (κ2) is 7.04. The van der Waals surface area contributed by atoms with Gasteiger partial charge in [-0.15, -0.1) is 0 Å². The van der Waals surface area contributed by atoms with Crippen molar-refractivity contribution in [1.29, 1.82) is 0 Å². The van der Waals surface area contributed by atoms with E-state index in [1.54, 1.807) is 5.57 Å². The maximum Gasteiger partial charge on any atom is 0.162 e. The van der Waals surface area contributed by atoms with Gasteiger partial charge in [-0.2, -0.15) is 9.61 Å². The van der Waals surface area contributed by atoms with E-state index in [4.69, 9.17) is 4.98 Å². The van der Waals surface area contributed by atoms with Crippen LogP contribution < -0.4 is 5.32 Å². The first-order chi connectivity index (χ1) is 16.2. The Kier molecular flexibility index (Phi) is 3.97. The quantitative estimate of drug-likeness (QED) is 0.417. The predicted octanol–water partition coefficient (Wildman–Crippen LogP) is 5.35. The number of nitrogens with one attached hydrogen (secondary N) is 1. The topological polar surface area (TPSA) is 60.0 Å². The van der Waals surface area contributed by atoms with Crippen LogP contribution in [0.25, 0.3) is 28.1 Å². The number of hydrogen-bond donors (Lipinski definition) is 1. The minimum Gasteiger partial charge on any atom is -0.367 e. The van der Waals surface area contributed by atoms with Gasteiger partial charge in [0.15, 0.2) is 5.65 Å². The molecule has 0 spiro atoms. The maximum absolute atomic E-state index is 4.94. The fourth-order valence-corrected chi connectivity index (χ4v) is 5.45. The summed E-state index contributed by atoms with van der Waals surface area (Å²) in [6.45, 7) is 2.06. The number of nitrogens with zero attached hydrogens (tertiary/aromatic N) is 5. The van der Waals surface area contributed by atoms with E-state index in [-0.39, 0.29) is 0 Å². The number of anilines is 1. The van der Waals surface area contributed by atoms with Crippen molar-refractivity contribution in [1.82, 2.24) is 24.1 Å². The second-order valence-corrected chi connectivity index (χ2v) is 9.17.